The van der Waals surface area contributed by atoms with Crippen molar-refractivity contribution in [1.29, 1.82) is 0 Å². The van der Waals surface area contributed by atoms with Crippen molar-refractivity contribution in [3.63, 3.8) is 0 Å². The van der Waals surface area contributed by atoms with Gasteiger partial charge in [0.15, 0.2) is 5.17 Å². The van der Waals surface area contributed by atoms with Gasteiger partial charge in [0.25, 0.3) is 0 Å². The van der Waals surface area contributed by atoms with Crippen LogP contribution >= 0.6 is 11.8 Å². The Morgan fingerprint density at radius 3 is 2.88 bits per heavy atom. The van der Waals surface area contributed by atoms with E-state index in [0.29, 0.717) is 24.9 Å². The maximum absolute atomic E-state index is 11.0. The van der Waals surface area contributed by atoms with Gasteiger partial charge in [0.1, 0.15) is 0 Å². The number of carbonyl (C=O) groups is 1. The summed E-state index contributed by atoms with van der Waals surface area (Å²) in [5, 5.41) is 7.37. The van der Waals surface area contributed by atoms with Gasteiger partial charge in [0, 0.05) is 24.3 Å². The highest BCUT2D eigenvalue weighted by molar-refractivity contribution is 8.13. The van der Waals surface area contributed by atoms with Crippen molar-refractivity contribution < 1.29 is 4.79 Å². The smallest absolute Gasteiger partial charge is 0.220 e. The van der Waals surface area contributed by atoms with E-state index >= 15 is 0 Å². The van der Waals surface area contributed by atoms with Crippen molar-refractivity contribution in [2.75, 3.05) is 12.3 Å². The second kappa shape index (κ2) is 5.08. The lowest BCUT2D eigenvalue weighted by atomic mass is 10.1. The summed E-state index contributed by atoms with van der Waals surface area (Å²) in [5.74, 6) is 1.98. The second-order valence-electron chi connectivity index (χ2n) is 4.67. The van der Waals surface area contributed by atoms with E-state index in [4.69, 9.17) is 0 Å². The van der Waals surface area contributed by atoms with Crippen LogP contribution in [-0.2, 0) is 4.79 Å². The molecule has 4 nitrogen and oxygen atoms in total. The molecule has 2 saturated heterocycles. The molecule has 3 atom stereocenters. The first-order valence-electron chi connectivity index (χ1n) is 5.88. The third kappa shape index (κ3) is 2.90. The van der Waals surface area contributed by atoms with E-state index in [2.05, 4.69) is 29.5 Å². The molecule has 0 saturated carbocycles. The topological polar surface area (TPSA) is 53.5 Å². The van der Waals surface area contributed by atoms with Crippen LogP contribution in [0.1, 0.15) is 26.7 Å². The monoisotopic (exact) mass is 241 g/mol. The van der Waals surface area contributed by atoms with Gasteiger partial charge in [-0.05, 0) is 19.3 Å². The SMILES string of the molecule is CC1CSC(=NCC2CCC(=O)N2)NC1C. The number of nitrogens with zero attached hydrogens (tertiary/aromatic N) is 1. The van der Waals surface area contributed by atoms with Crippen LogP contribution in [-0.4, -0.2) is 35.5 Å². The molecule has 0 radical (unpaired) electrons. The standard InChI is InChI=1S/C11H19N3OS/c1-7-6-16-11(13-8(7)2)12-5-9-3-4-10(15)14-9/h7-9H,3-6H2,1-2H3,(H,12,13)(H,14,15). The van der Waals surface area contributed by atoms with Gasteiger partial charge in [0.05, 0.1) is 6.54 Å². The van der Waals surface area contributed by atoms with Gasteiger partial charge in [-0.1, -0.05) is 18.7 Å². The van der Waals surface area contributed by atoms with Crippen LogP contribution in [0.5, 0.6) is 0 Å². The lowest BCUT2D eigenvalue weighted by Crippen LogP contribution is -2.42. The molecule has 16 heavy (non-hydrogen) atoms. The lowest BCUT2D eigenvalue weighted by molar-refractivity contribution is -0.119. The molecule has 0 aliphatic carbocycles. The fourth-order valence-corrected chi connectivity index (χ4v) is 2.98. The van der Waals surface area contributed by atoms with Gasteiger partial charge in [0.2, 0.25) is 5.91 Å². The minimum absolute atomic E-state index is 0.163. The number of nitrogens with one attached hydrogen (secondary N) is 2. The lowest BCUT2D eigenvalue weighted by Gasteiger charge is -2.28. The van der Waals surface area contributed by atoms with Gasteiger partial charge in [-0.25, -0.2) is 0 Å². The molecule has 5 heteroatoms. The predicted octanol–water partition coefficient (Wildman–Crippen LogP) is 0.982. The van der Waals surface area contributed by atoms with Crippen LogP contribution in [0.25, 0.3) is 0 Å². The Bertz CT molecular complexity index is 306. The number of thioether (sulfide) groups is 1. The molecule has 2 aliphatic rings. The van der Waals surface area contributed by atoms with Crippen LogP contribution in [0, 0.1) is 5.92 Å². The van der Waals surface area contributed by atoms with E-state index in [-0.39, 0.29) is 11.9 Å². The minimum atomic E-state index is 0.163. The summed E-state index contributed by atoms with van der Waals surface area (Å²) in [6.07, 6.45) is 1.58. The number of hydrogen-bond donors (Lipinski definition) is 2. The number of amides is 1. The van der Waals surface area contributed by atoms with Crippen molar-refractivity contribution in [2.45, 2.75) is 38.8 Å². The van der Waals surface area contributed by atoms with Crippen molar-refractivity contribution >= 4 is 22.8 Å². The summed E-state index contributed by atoms with van der Waals surface area (Å²) in [6.45, 7) is 5.15. The fraction of sp³-hybridized carbons (Fsp3) is 0.818. The van der Waals surface area contributed by atoms with Gasteiger partial charge in [-0.2, -0.15) is 0 Å². The highest BCUT2D eigenvalue weighted by atomic mass is 32.2. The summed E-state index contributed by atoms with van der Waals surface area (Å²) >= 11 is 1.79. The molecule has 0 aromatic rings. The summed E-state index contributed by atoms with van der Waals surface area (Å²) in [7, 11) is 0. The molecule has 2 aliphatic heterocycles. The van der Waals surface area contributed by atoms with Crippen molar-refractivity contribution in [1.82, 2.24) is 10.6 Å². The molecule has 0 bridgehead atoms. The Labute approximate surface area is 101 Å². The maximum Gasteiger partial charge on any atom is 0.220 e. The van der Waals surface area contributed by atoms with E-state index in [0.717, 1.165) is 17.3 Å². The van der Waals surface area contributed by atoms with Gasteiger partial charge in [-0.15, -0.1) is 0 Å². The summed E-state index contributed by atoms with van der Waals surface area (Å²) in [6, 6.07) is 0.746. The number of amidine groups is 1. The molecule has 0 aromatic carbocycles. The zero-order chi connectivity index (χ0) is 11.5. The van der Waals surface area contributed by atoms with E-state index in [9.17, 15) is 4.79 Å². The first-order valence-corrected chi connectivity index (χ1v) is 6.87. The summed E-state index contributed by atoms with van der Waals surface area (Å²) in [5.41, 5.74) is 0. The van der Waals surface area contributed by atoms with E-state index in [1.165, 1.54) is 0 Å². The van der Waals surface area contributed by atoms with Crippen molar-refractivity contribution in [3.8, 4) is 0 Å². The van der Waals surface area contributed by atoms with Crippen LogP contribution in [0.2, 0.25) is 0 Å². The quantitative estimate of drug-likeness (QED) is 0.758. The molecule has 0 aromatic heterocycles. The first-order chi connectivity index (χ1) is 7.65. The van der Waals surface area contributed by atoms with Crippen LogP contribution in [0.3, 0.4) is 0 Å². The zero-order valence-electron chi connectivity index (χ0n) is 9.82. The molecular weight excluding hydrogens is 222 g/mol. The Balaban J connectivity index is 1.81. The molecule has 2 fully saturated rings. The molecule has 3 unspecified atom stereocenters. The van der Waals surface area contributed by atoms with E-state index in [1.54, 1.807) is 11.8 Å². The molecule has 2 N–H and O–H groups in total. The first kappa shape index (κ1) is 11.8. The Hall–Kier alpha value is -0.710. The van der Waals surface area contributed by atoms with Crippen LogP contribution < -0.4 is 10.6 Å². The minimum Gasteiger partial charge on any atom is -0.362 e. The molecule has 2 rings (SSSR count). The third-order valence-electron chi connectivity index (χ3n) is 3.23. The summed E-state index contributed by atoms with van der Waals surface area (Å²) in [4.78, 5) is 15.6. The number of rotatable bonds is 2. The van der Waals surface area contributed by atoms with E-state index in [1.807, 2.05) is 0 Å². The molecule has 90 valence electrons. The molecule has 0 spiro atoms. The predicted molar refractivity (Wildman–Crippen MR) is 67.7 cm³/mol. The average molecular weight is 241 g/mol. The normalized spacial score (nSPS) is 37.2. The number of aliphatic imine (C=N–C) groups is 1. The van der Waals surface area contributed by atoms with Gasteiger partial charge >= 0.3 is 0 Å². The molecule has 1 amide bonds. The average Bonchev–Trinajstić information content (AvgIpc) is 2.66. The second-order valence-corrected chi connectivity index (χ2v) is 5.68. The highest BCUT2D eigenvalue weighted by Crippen LogP contribution is 2.19. The van der Waals surface area contributed by atoms with Gasteiger partial charge < -0.3 is 10.6 Å². The Morgan fingerprint density at radius 2 is 2.25 bits per heavy atom. The zero-order valence-corrected chi connectivity index (χ0v) is 10.6. The maximum atomic E-state index is 11.0. The molecular formula is C11H19N3OS. The highest BCUT2D eigenvalue weighted by Gasteiger charge is 2.23. The van der Waals surface area contributed by atoms with E-state index < -0.39 is 0 Å². The largest absolute Gasteiger partial charge is 0.362 e. The van der Waals surface area contributed by atoms with Crippen LogP contribution in [0.15, 0.2) is 4.99 Å². The third-order valence-corrected chi connectivity index (χ3v) is 4.44. The fourth-order valence-electron chi connectivity index (χ4n) is 1.83. The summed E-state index contributed by atoms with van der Waals surface area (Å²) < 4.78 is 0. The van der Waals surface area contributed by atoms with Crippen molar-refractivity contribution in [2.24, 2.45) is 10.9 Å². The molecule has 2 heterocycles. The Kier molecular flexibility index (Phi) is 3.74. The number of carbonyl (C=O) groups excluding carboxylic acids is 1. The van der Waals surface area contributed by atoms with Gasteiger partial charge in [-0.3, -0.25) is 9.79 Å². The van der Waals surface area contributed by atoms with Crippen LogP contribution in [0.4, 0.5) is 0 Å². The number of hydrogen-bond acceptors (Lipinski definition) is 3. The van der Waals surface area contributed by atoms with Crippen molar-refractivity contribution in [3.05, 3.63) is 0 Å². The Morgan fingerprint density at radius 1 is 1.44 bits per heavy atom.